The summed E-state index contributed by atoms with van der Waals surface area (Å²) in [4.78, 5) is 2.93. The molecule has 2 heteroatoms. The molecule has 116 valence electrons. The van der Waals surface area contributed by atoms with Crippen molar-refractivity contribution >= 4 is 0 Å². The average molecular weight is 278 g/mol. The van der Waals surface area contributed by atoms with Gasteiger partial charge in [-0.05, 0) is 62.8 Å². The van der Waals surface area contributed by atoms with E-state index in [0.29, 0.717) is 5.54 Å². The zero-order valence-electron chi connectivity index (χ0n) is 13.6. The molecule has 3 aliphatic rings. The smallest absolute Gasteiger partial charge is 0.0362 e. The lowest BCUT2D eigenvalue weighted by Crippen LogP contribution is -2.66. The van der Waals surface area contributed by atoms with Crippen LogP contribution < -0.4 is 5.73 Å². The molecule has 1 saturated heterocycles. The molecule has 0 radical (unpaired) electrons. The Balaban J connectivity index is 1.86. The minimum Gasteiger partial charge on any atom is -0.329 e. The van der Waals surface area contributed by atoms with Crippen LogP contribution in [0.2, 0.25) is 0 Å². The van der Waals surface area contributed by atoms with Gasteiger partial charge in [0, 0.05) is 18.1 Å². The Hall–Kier alpha value is -0.0800. The molecule has 2 nitrogen and oxygen atoms in total. The van der Waals surface area contributed by atoms with Gasteiger partial charge in [-0.15, -0.1) is 0 Å². The van der Waals surface area contributed by atoms with E-state index in [1.165, 1.54) is 64.3 Å². The van der Waals surface area contributed by atoms with Crippen LogP contribution in [0.15, 0.2) is 0 Å². The van der Waals surface area contributed by atoms with Gasteiger partial charge in [0.2, 0.25) is 0 Å². The van der Waals surface area contributed by atoms with Crippen molar-refractivity contribution in [3.05, 3.63) is 0 Å². The number of nitrogens with zero attached hydrogens (tertiary/aromatic N) is 1. The van der Waals surface area contributed by atoms with E-state index in [1.807, 2.05) is 0 Å². The van der Waals surface area contributed by atoms with E-state index in [4.69, 9.17) is 5.73 Å². The van der Waals surface area contributed by atoms with Crippen molar-refractivity contribution in [2.75, 3.05) is 13.1 Å². The van der Waals surface area contributed by atoms with Crippen molar-refractivity contribution < 1.29 is 0 Å². The summed E-state index contributed by atoms with van der Waals surface area (Å²) in [6, 6.07) is 0.855. The predicted molar refractivity (Wildman–Crippen MR) is 85.7 cm³/mol. The number of piperidine rings is 1. The van der Waals surface area contributed by atoms with Crippen LogP contribution in [0.25, 0.3) is 0 Å². The highest BCUT2D eigenvalue weighted by molar-refractivity contribution is 5.04. The molecular weight excluding hydrogens is 244 g/mol. The SMILES string of the molecule is CC1CCC(C)C(CN)(N2CCC[C@H]3CCCC[C@H]32)C1. The lowest BCUT2D eigenvalue weighted by Gasteiger charge is -2.58. The monoisotopic (exact) mass is 278 g/mol. The minimum absolute atomic E-state index is 0.318. The Morgan fingerprint density at radius 3 is 2.55 bits per heavy atom. The maximum absolute atomic E-state index is 6.40. The van der Waals surface area contributed by atoms with Gasteiger partial charge < -0.3 is 5.73 Å². The molecule has 1 heterocycles. The fraction of sp³-hybridized carbons (Fsp3) is 1.00. The van der Waals surface area contributed by atoms with Crippen LogP contribution >= 0.6 is 0 Å². The Bertz CT molecular complexity index is 327. The van der Waals surface area contributed by atoms with Crippen molar-refractivity contribution in [2.24, 2.45) is 23.5 Å². The maximum Gasteiger partial charge on any atom is 0.0362 e. The zero-order chi connectivity index (χ0) is 14.2. The van der Waals surface area contributed by atoms with Crippen LogP contribution in [0.3, 0.4) is 0 Å². The second-order valence-electron chi connectivity index (χ2n) is 8.04. The van der Waals surface area contributed by atoms with E-state index in [1.54, 1.807) is 0 Å². The van der Waals surface area contributed by atoms with E-state index in [-0.39, 0.29) is 0 Å². The largest absolute Gasteiger partial charge is 0.329 e. The third kappa shape index (κ3) is 2.43. The second-order valence-corrected chi connectivity index (χ2v) is 8.04. The van der Waals surface area contributed by atoms with Gasteiger partial charge in [0.1, 0.15) is 0 Å². The Labute approximate surface area is 125 Å². The van der Waals surface area contributed by atoms with Gasteiger partial charge in [0.25, 0.3) is 0 Å². The van der Waals surface area contributed by atoms with Gasteiger partial charge in [0.15, 0.2) is 0 Å². The highest BCUT2D eigenvalue weighted by Crippen LogP contribution is 2.46. The summed E-state index contributed by atoms with van der Waals surface area (Å²) < 4.78 is 0. The van der Waals surface area contributed by atoms with E-state index in [2.05, 4.69) is 18.7 Å². The zero-order valence-corrected chi connectivity index (χ0v) is 13.6. The Morgan fingerprint density at radius 2 is 1.75 bits per heavy atom. The predicted octanol–water partition coefficient (Wildman–Crippen LogP) is 3.79. The van der Waals surface area contributed by atoms with Crippen LogP contribution in [0.5, 0.6) is 0 Å². The molecule has 3 rings (SSSR count). The van der Waals surface area contributed by atoms with Gasteiger partial charge >= 0.3 is 0 Å². The maximum atomic E-state index is 6.40. The normalized spacial score (nSPS) is 47.0. The molecule has 2 saturated carbocycles. The van der Waals surface area contributed by atoms with Gasteiger partial charge in [-0.25, -0.2) is 0 Å². The number of hydrogen-bond donors (Lipinski definition) is 1. The van der Waals surface area contributed by atoms with Crippen molar-refractivity contribution in [1.82, 2.24) is 4.90 Å². The highest BCUT2D eigenvalue weighted by Gasteiger charge is 2.49. The van der Waals surface area contributed by atoms with Crippen LogP contribution in [0.1, 0.15) is 71.6 Å². The van der Waals surface area contributed by atoms with Crippen molar-refractivity contribution in [3.63, 3.8) is 0 Å². The quantitative estimate of drug-likeness (QED) is 0.832. The second kappa shape index (κ2) is 5.96. The summed E-state index contributed by atoms with van der Waals surface area (Å²) in [5.41, 5.74) is 6.72. The van der Waals surface area contributed by atoms with Crippen LogP contribution in [0.4, 0.5) is 0 Å². The summed E-state index contributed by atoms with van der Waals surface area (Å²) in [6.07, 6.45) is 12.8. The van der Waals surface area contributed by atoms with Crippen molar-refractivity contribution in [3.8, 4) is 0 Å². The molecule has 20 heavy (non-hydrogen) atoms. The molecule has 5 atom stereocenters. The molecule has 2 aliphatic carbocycles. The molecule has 1 aliphatic heterocycles. The first-order valence-electron chi connectivity index (χ1n) is 9.14. The molecule has 0 amide bonds. The molecule has 0 spiro atoms. The number of nitrogens with two attached hydrogens (primary N) is 1. The Morgan fingerprint density at radius 1 is 1.00 bits per heavy atom. The minimum atomic E-state index is 0.318. The number of fused-ring (bicyclic) bond motifs is 1. The fourth-order valence-electron chi connectivity index (χ4n) is 5.69. The number of likely N-dealkylation sites (tertiary alicyclic amines) is 1. The first-order valence-corrected chi connectivity index (χ1v) is 9.14. The first-order chi connectivity index (χ1) is 9.67. The van der Waals surface area contributed by atoms with Gasteiger partial charge in [0.05, 0.1) is 0 Å². The summed E-state index contributed by atoms with van der Waals surface area (Å²) in [5.74, 6) is 2.62. The van der Waals surface area contributed by atoms with Gasteiger partial charge in [-0.2, -0.15) is 0 Å². The van der Waals surface area contributed by atoms with Crippen LogP contribution in [-0.2, 0) is 0 Å². The number of hydrogen-bond acceptors (Lipinski definition) is 2. The summed E-state index contributed by atoms with van der Waals surface area (Å²) in [5, 5.41) is 0. The summed E-state index contributed by atoms with van der Waals surface area (Å²) in [6.45, 7) is 7.11. The first kappa shape index (κ1) is 14.8. The van der Waals surface area contributed by atoms with Crippen LogP contribution in [0, 0.1) is 17.8 Å². The molecule has 3 fully saturated rings. The molecule has 0 bridgehead atoms. The van der Waals surface area contributed by atoms with E-state index in [0.717, 1.165) is 30.3 Å². The topological polar surface area (TPSA) is 29.3 Å². The highest BCUT2D eigenvalue weighted by atomic mass is 15.3. The molecule has 2 N–H and O–H groups in total. The molecule has 0 aromatic carbocycles. The van der Waals surface area contributed by atoms with Gasteiger partial charge in [-0.3, -0.25) is 4.90 Å². The summed E-state index contributed by atoms with van der Waals surface area (Å²) >= 11 is 0. The van der Waals surface area contributed by atoms with E-state index >= 15 is 0 Å². The van der Waals surface area contributed by atoms with Crippen molar-refractivity contribution in [1.29, 1.82) is 0 Å². The van der Waals surface area contributed by atoms with Gasteiger partial charge in [-0.1, -0.05) is 33.1 Å². The molecule has 0 aromatic heterocycles. The molecule has 3 unspecified atom stereocenters. The van der Waals surface area contributed by atoms with E-state index < -0.39 is 0 Å². The average Bonchev–Trinajstić information content (AvgIpc) is 2.49. The molecule has 0 aromatic rings. The fourth-order valence-corrected chi connectivity index (χ4v) is 5.69. The number of rotatable bonds is 2. The molecular formula is C18H34N2. The summed E-state index contributed by atoms with van der Waals surface area (Å²) in [7, 11) is 0. The third-order valence-electron chi connectivity index (χ3n) is 6.88. The third-order valence-corrected chi connectivity index (χ3v) is 6.88. The van der Waals surface area contributed by atoms with E-state index in [9.17, 15) is 0 Å². The lowest BCUT2D eigenvalue weighted by molar-refractivity contribution is -0.0767. The standard InChI is InChI=1S/C18H34N2/c1-14-9-10-15(2)18(12-14,13-19)20-11-5-7-16-6-3-4-8-17(16)20/h14-17H,3-13,19H2,1-2H3/t14?,15?,16-,17-,18?/m1/s1. The Kier molecular flexibility index (Phi) is 4.42. The lowest BCUT2D eigenvalue weighted by atomic mass is 9.66. The van der Waals surface area contributed by atoms with Crippen LogP contribution in [-0.4, -0.2) is 29.6 Å². The van der Waals surface area contributed by atoms with Crippen molar-refractivity contribution in [2.45, 2.75) is 83.2 Å².